The van der Waals surface area contributed by atoms with E-state index in [9.17, 15) is 19.2 Å². The van der Waals surface area contributed by atoms with E-state index in [4.69, 9.17) is 11.6 Å². The number of amides is 2. The lowest BCUT2D eigenvalue weighted by atomic mass is 10.1. The molecular formula is C26H19ClFN3O2S. The van der Waals surface area contributed by atoms with Crippen molar-refractivity contribution in [2.75, 3.05) is 10.2 Å². The number of benzene rings is 3. The Labute approximate surface area is 205 Å². The van der Waals surface area contributed by atoms with Gasteiger partial charge in [0.25, 0.3) is 5.91 Å². The molecule has 0 radical (unpaired) electrons. The van der Waals surface area contributed by atoms with Gasteiger partial charge in [0.1, 0.15) is 22.5 Å². The van der Waals surface area contributed by atoms with Crippen LogP contribution >= 0.6 is 23.4 Å². The van der Waals surface area contributed by atoms with E-state index in [1.165, 1.54) is 40.9 Å². The third kappa shape index (κ3) is 5.14. The summed E-state index contributed by atoms with van der Waals surface area (Å²) in [7, 11) is 0. The molecule has 34 heavy (non-hydrogen) atoms. The molecule has 170 valence electrons. The van der Waals surface area contributed by atoms with Gasteiger partial charge in [0.2, 0.25) is 5.91 Å². The molecule has 1 N–H and O–H groups in total. The number of hydrogen-bond acceptors (Lipinski definition) is 4. The minimum Gasteiger partial charge on any atom is -0.321 e. The fourth-order valence-corrected chi connectivity index (χ4v) is 4.91. The number of nitrogens with one attached hydrogen (secondary N) is 1. The second-order valence-corrected chi connectivity index (χ2v) is 9.33. The van der Waals surface area contributed by atoms with Crippen LogP contribution in [0.5, 0.6) is 0 Å². The van der Waals surface area contributed by atoms with Crippen molar-refractivity contribution in [3.8, 4) is 6.07 Å². The Balaban J connectivity index is 1.71. The van der Waals surface area contributed by atoms with Gasteiger partial charge in [-0.15, -0.1) is 0 Å². The highest BCUT2D eigenvalue weighted by atomic mass is 35.5. The summed E-state index contributed by atoms with van der Waals surface area (Å²) in [6.45, 7) is 1.93. The van der Waals surface area contributed by atoms with Crippen molar-refractivity contribution < 1.29 is 14.0 Å². The number of halogens is 2. The molecule has 3 aromatic carbocycles. The van der Waals surface area contributed by atoms with Gasteiger partial charge in [0.05, 0.1) is 5.25 Å². The van der Waals surface area contributed by atoms with E-state index in [2.05, 4.69) is 5.32 Å². The number of thioether (sulfide) groups is 1. The molecule has 1 saturated heterocycles. The third-order valence-corrected chi connectivity index (χ3v) is 6.75. The van der Waals surface area contributed by atoms with Crippen molar-refractivity contribution in [2.45, 2.75) is 18.6 Å². The molecule has 0 bridgehead atoms. The fraction of sp³-hybridized carbons (Fsp3) is 0.115. The van der Waals surface area contributed by atoms with Gasteiger partial charge < -0.3 is 5.32 Å². The number of anilines is 2. The Morgan fingerprint density at radius 3 is 2.35 bits per heavy atom. The molecule has 5 nitrogen and oxygen atoms in total. The van der Waals surface area contributed by atoms with Crippen LogP contribution in [0.25, 0.3) is 0 Å². The second-order valence-electron chi connectivity index (χ2n) is 7.70. The molecule has 0 saturated carbocycles. The molecule has 1 atom stereocenters. The van der Waals surface area contributed by atoms with E-state index in [-0.39, 0.29) is 16.5 Å². The maximum atomic E-state index is 13.5. The molecule has 1 aliphatic heterocycles. The standard InChI is InChI=1S/C26H19ClFN3O2S/c1-16-2-12-21(13-3-16)31-25(33)23(14-17-4-6-18(27)7-5-17)34-26(31)22(15-29)24(32)30-20-10-8-19(28)9-11-20/h2-13,23H,14H2,1H3,(H,30,32)/b26-22+/t23-/m0/s1. The maximum absolute atomic E-state index is 13.5. The summed E-state index contributed by atoms with van der Waals surface area (Å²) in [6.07, 6.45) is 0.408. The van der Waals surface area contributed by atoms with Crippen LogP contribution in [0.1, 0.15) is 11.1 Å². The highest BCUT2D eigenvalue weighted by molar-refractivity contribution is 8.05. The normalized spacial score (nSPS) is 16.8. The Bertz CT molecular complexity index is 1300. The average molecular weight is 492 g/mol. The lowest BCUT2D eigenvalue weighted by Gasteiger charge is -2.19. The first-order valence-electron chi connectivity index (χ1n) is 10.4. The van der Waals surface area contributed by atoms with Crippen molar-refractivity contribution in [3.05, 3.63) is 105 Å². The zero-order valence-electron chi connectivity index (χ0n) is 18.1. The van der Waals surface area contributed by atoms with Crippen LogP contribution in [0.3, 0.4) is 0 Å². The van der Waals surface area contributed by atoms with Crippen LogP contribution in [-0.4, -0.2) is 17.1 Å². The minimum atomic E-state index is -0.673. The molecule has 8 heteroatoms. The molecule has 2 amide bonds. The molecule has 1 heterocycles. The van der Waals surface area contributed by atoms with Gasteiger partial charge in [0, 0.05) is 16.4 Å². The number of rotatable bonds is 5. The van der Waals surface area contributed by atoms with Gasteiger partial charge >= 0.3 is 0 Å². The van der Waals surface area contributed by atoms with Crippen LogP contribution in [-0.2, 0) is 16.0 Å². The van der Waals surface area contributed by atoms with Gasteiger partial charge in [-0.3, -0.25) is 14.5 Å². The summed E-state index contributed by atoms with van der Waals surface area (Å²) < 4.78 is 13.2. The minimum absolute atomic E-state index is 0.193. The van der Waals surface area contributed by atoms with Gasteiger partial charge in [-0.2, -0.15) is 5.26 Å². The van der Waals surface area contributed by atoms with Crippen molar-refractivity contribution in [2.24, 2.45) is 0 Å². The monoisotopic (exact) mass is 491 g/mol. The SMILES string of the molecule is Cc1ccc(N2C(=O)[C@H](Cc3ccc(Cl)cc3)S/C2=C(\C#N)C(=O)Nc2ccc(F)cc2)cc1. The summed E-state index contributed by atoms with van der Waals surface area (Å²) in [5.41, 5.74) is 2.64. The Kier molecular flexibility index (Phi) is 7.01. The Hall–Kier alpha value is -3.60. The first-order valence-corrected chi connectivity index (χ1v) is 11.6. The van der Waals surface area contributed by atoms with E-state index in [1.54, 1.807) is 24.3 Å². The van der Waals surface area contributed by atoms with E-state index in [0.717, 1.165) is 11.1 Å². The summed E-state index contributed by atoms with van der Waals surface area (Å²) >= 11 is 7.16. The number of carbonyl (C=O) groups excluding carboxylic acids is 2. The predicted molar refractivity (Wildman–Crippen MR) is 133 cm³/mol. The molecule has 1 fully saturated rings. The van der Waals surface area contributed by atoms with E-state index in [0.29, 0.717) is 22.8 Å². The predicted octanol–water partition coefficient (Wildman–Crippen LogP) is 5.85. The third-order valence-electron chi connectivity index (χ3n) is 5.23. The highest BCUT2D eigenvalue weighted by Crippen LogP contribution is 2.42. The largest absolute Gasteiger partial charge is 0.321 e. The first-order chi connectivity index (χ1) is 16.4. The quantitative estimate of drug-likeness (QED) is 0.359. The van der Waals surface area contributed by atoms with E-state index < -0.39 is 17.0 Å². The first kappa shape index (κ1) is 23.6. The number of nitriles is 1. The Morgan fingerprint density at radius 1 is 1.09 bits per heavy atom. The molecule has 1 aliphatic rings. The number of carbonyl (C=O) groups is 2. The van der Waals surface area contributed by atoms with E-state index in [1.807, 2.05) is 37.3 Å². The van der Waals surface area contributed by atoms with Crippen molar-refractivity contribution in [1.82, 2.24) is 0 Å². The summed E-state index contributed by atoms with van der Waals surface area (Å²) in [4.78, 5) is 27.9. The fourth-order valence-electron chi connectivity index (χ4n) is 3.48. The Morgan fingerprint density at radius 2 is 1.74 bits per heavy atom. The summed E-state index contributed by atoms with van der Waals surface area (Å²) in [5.74, 6) is -1.33. The lowest BCUT2D eigenvalue weighted by Crippen LogP contribution is -2.30. The summed E-state index contributed by atoms with van der Waals surface area (Å²) in [6, 6.07) is 21.7. The maximum Gasteiger partial charge on any atom is 0.269 e. The van der Waals surface area contributed by atoms with E-state index >= 15 is 0 Å². The second kappa shape index (κ2) is 10.1. The molecule has 0 spiro atoms. The van der Waals surface area contributed by atoms with Crippen molar-refractivity contribution in [1.29, 1.82) is 5.26 Å². The van der Waals surface area contributed by atoms with Crippen LogP contribution in [0.4, 0.5) is 15.8 Å². The molecule has 3 aromatic rings. The van der Waals surface area contributed by atoms with Gasteiger partial charge in [0.15, 0.2) is 0 Å². The molecule has 0 aromatic heterocycles. The van der Waals surface area contributed by atoms with Gasteiger partial charge in [-0.25, -0.2) is 4.39 Å². The van der Waals surface area contributed by atoms with Gasteiger partial charge in [-0.05, 0) is 67.4 Å². The molecular weight excluding hydrogens is 473 g/mol. The summed E-state index contributed by atoms with van der Waals surface area (Å²) in [5, 5.41) is 12.8. The lowest BCUT2D eigenvalue weighted by molar-refractivity contribution is -0.117. The van der Waals surface area contributed by atoms with Crippen molar-refractivity contribution >= 4 is 46.6 Å². The zero-order valence-corrected chi connectivity index (χ0v) is 19.7. The average Bonchev–Trinajstić information content (AvgIpc) is 3.13. The smallest absolute Gasteiger partial charge is 0.269 e. The zero-order chi connectivity index (χ0) is 24.2. The van der Waals surface area contributed by atoms with Gasteiger partial charge in [-0.1, -0.05) is 53.2 Å². The number of aryl methyl sites for hydroxylation is 1. The van der Waals surface area contributed by atoms with Crippen LogP contribution < -0.4 is 10.2 Å². The van der Waals surface area contributed by atoms with Crippen LogP contribution in [0, 0.1) is 24.1 Å². The molecule has 0 aliphatic carbocycles. The number of hydrogen-bond donors (Lipinski definition) is 1. The van der Waals surface area contributed by atoms with Crippen LogP contribution in [0.2, 0.25) is 5.02 Å². The van der Waals surface area contributed by atoms with Crippen molar-refractivity contribution in [3.63, 3.8) is 0 Å². The number of nitrogens with zero attached hydrogens (tertiary/aromatic N) is 2. The van der Waals surface area contributed by atoms with Crippen LogP contribution in [0.15, 0.2) is 83.4 Å². The molecule has 0 unspecified atom stereocenters. The highest BCUT2D eigenvalue weighted by Gasteiger charge is 2.40. The topological polar surface area (TPSA) is 73.2 Å². The molecule has 4 rings (SSSR count).